The summed E-state index contributed by atoms with van der Waals surface area (Å²) in [6, 6.07) is 0.194. The maximum absolute atomic E-state index is 12.5. The zero-order valence-electron chi connectivity index (χ0n) is 6.89. The number of hydrogen-bond acceptors (Lipinski definition) is 1. The van der Waals surface area contributed by atoms with Crippen LogP contribution in [0.1, 0.15) is 0 Å². The fourth-order valence-corrected chi connectivity index (χ4v) is 1.40. The van der Waals surface area contributed by atoms with Gasteiger partial charge in [0.15, 0.2) is 0 Å². The second-order valence-electron chi connectivity index (χ2n) is 2.65. The van der Waals surface area contributed by atoms with Crippen molar-refractivity contribution < 1.29 is 23.8 Å². The highest BCUT2D eigenvalue weighted by atomic mass is 35.5. The van der Waals surface area contributed by atoms with Crippen LogP contribution in [-0.2, 0) is 0 Å². The van der Waals surface area contributed by atoms with Crippen LogP contribution in [0.4, 0.5) is 29.5 Å². The molecule has 0 unspecified atom stereocenters. The van der Waals surface area contributed by atoms with Gasteiger partial charge in [0, 0.05) is 0 Å². The van der Waals surface area contributed by atoms with Crippen molar-refractivity contribution in [3.8, 4) is 0 Å². The molecule has 0 bridgehead atoms. The normalized spacial score (nSPS) is 16.1. The topological polar surface area (TPSA) is 26.0 Å². The molecule has 0 fully saturated rings. The summed E-state index contributed by atoms with van der Waals surface area (Å²) in [6.07, 6.45) is 0. The van der Waals surface area contributed by atoms with Crippen LogP contribution in [0, 0.1) is 5.82 Å². The molecule has 0 spiro atoms. The van der Waals surface area contributed by atoms with Crippen LogP contribution in [0.5, 0.6) is 0 Å². The van der Waals surface area contributed by atoms with E-state index < -0.39 is 26.6 Å². The van der Waals surface area contributed by atoms with Gasteiger partial charge in [-0.25, -0.2) is 4.39 Å². The molecule has 0 amide bonds. The van der Waals surface area contributed by atoms with E-state index in [1.807, 2.05) is 0 Å². The molecule has 2 N–H and O–H groups in total. The molecule has 0 aliphatic carbocycles. The van der Waals surface area contributed by atoms with Crippen molar-refractivity contribution in [3.05, 3.63) is 24.0 Å². The number of rotatable bonds is 1. The van der Waals surface area contributed by atoms with Crippen LogP contribution in [0.2, 0.25) is 0 Å². The first kappa shape index (κ1) is 14.2. The second-order valence-corrected chi connectivity index (χ2v) is 5.06. The van der Waals surface area contributed by atoms with Crippen molar-refractivity contribution in [2.24, 2.45) is 0 Å². The van der Waals surface area contributed by atoms with E-state index in [-0.39, 0.29) is 24.5 Å². The average Bonchev–Trinajstić information content (AvgIpc) is 1.89. The Balaban J connectivity index is 0.00000196. The minimum Gasteiger partial charge on any atom is -0.396 e. The van der Waals surface area contributed by atoms with Crippen LogP contribution in [0.25, 0.3) is 0 Å². The van der Waals surface area contributed by atoms with Gasteiger partial charge in [-0.3, -0.25) is 0 Å². The van der Waals surface area contributed by atoms with Crippen molar-refractivity contribution in [3.63, 3.8) is 0 Å². The van der Waals surface area contributed by atoms with Gasteiger partial charge in [0.25, 0.3) is 0 Å². The molecule has 0 aromatic heterocycles. The Morgan fingerprint density at radius 2 is 1.47 bits per heavy atom. The lowest BCUT2D eigenvalue weighted by Gasteiger charge is -2.40. The van der Waals surface area contributed by atoms with Crippen molar-refractivity contribution in [2.75, 3.05) is 5.73 Å². The Labute approximate surface area is 87.4 Å². The minimum absolute atomic E-state index is 0. The third kappa shape index (κ3) is 3.38. The summed E-state index contributed by atoms with van der Waals surface area (Å²) in [7, 11) is -9.78. The monoisotopic (exact) mass is 273 g/mol. The van der Waals surface area contributed by atoms with E-state index in [0.717, 1.165) is 0 Å². The predicted octanol–water partition coefficient (Wildman–Crippen LogP) is 4.49. The molecule has 1 nitrogen and oxygen atoms in total. The smallest absolute Gasteiger partial charge is 0.310 e. The van der Waals surface area contributed by atoms with Gasteiger partial charge in [-0.15, -0.1) is 12.4 Å². The van der Waals surface area contributed by atoms with Gasteiger partial charge in [0.2, 0.25) is 0 Å². The molecule has 90 valence electrons. The summed E-state index contributed by atoms with van der Waals surface area (Å²) < 4.78 is 72.8. The van der Waals surface area contributed by atoms with Gasteiger partial charge in [0.1, 0.15) is 10.7 Å². The predicted molar refractivity (Wildman–Crippen MR) is 49.5 cm³/mol. The van der Waals surface area contributed by atoms with Gasteiger partial charge < -0.3 is 5.73 Å². The SMILES string of the molecule is Cl.Nc1ccc(S(F)(F)(F)(F)F)cc1F. The van der Waals surface area contributed by atoms with E-state index in [1.54, 1.807) is 0 Å². The lowest BCUT2D eigenvalue weighted by Crippen LogP contribution is -2.07. The molecule has 9 heteroatoms. The lowest BCUT2D eigenvalue weighted by molar-refractivity contribution is 0.363. The van der Waals surface area contributed by atoms with Gasteiger partial charge in [0.05, 0.1) is 5.69 Å². The average molecular weight is 274 g/mol. The number of nitrogen functional groups attached to an aromatic ring is 1. The molecule has 0 aliphatic heterocycles. The summed E-state index contributed by atoms with van der Waals surface area (Å²) in [5, 5.41) is 0. The van der Waals surface area contributed by atoms with E-state index in [2.05, 4.69) is 0 Å². The Kier molecular flexibility index (Phi) is 2.73. The maximum Gasteiger partial charge on any atom is 0.310 e. The van der Waals surface area contributed by atoms with Crippen LogP contribution in [0.3, 0.4) is 0 Å². The Morgan fingerprint density at radius 3 is 1.80 bits per heavy atom. The molecule has 0 saturated carbocycles. The van der Waals surface area contributed by atoms with Crippen molar-refractivity contribution in [1.29, 1.82) is 0 Å². The quantitative estimate of drug-likeness (QED) is 0.592. The molecule has 1 aromatic carbocycles. The number of halogens is 7. The van der Waals surface area contributed by atoms with E-state index in [1.165, 1.54) is 0 Å². The fourth-order valence-electron chi connectivity index (χ4n) is 0.748. The highest BCUT2D eigenvalue weighted by molar-refractivity contribution is 8.45. The fraction of sp³-hybridized carbons (Fsp3) is 0. The molecular formula is C6H6ClF6NS. The van der Waals surface area contributed by atoms with E-state index in [9.17, 15) is 23.8 Å². The van der Waals surface area contributed by atoms with Crippen molar-refractivity contribution in [1.82, 2.24) is 0 Å². The summed E-state index contributed by atoms with van der Waals surface area (Å²) in [6.45, 7) is 0. The first-order valence-electron chi connectivity index (χ1n) is 3.19. The van der Waals surface area contributed by atoms with Crippen LogP contribution < -0.4 is 5.73 Å². The number of nitrogens with two attached hydrogens (primary N) is 1. The van der Waals surface area contributed by atoms with Crippen LogP contribution in [-0.4, -0.2) is 0 Å². The second kappa shape index (κ2) is 2.88. The summed E-state index contributed by atoms with van der Waals surface area (Å²) in [5.74, 6) is -1.52. The number of benzene rings is 1. The molecule has 1 aromatic rings. The van der Waals surface area contributed by atoms with Crippen molar-refractivity contribution in [2.45, 2.75) is 4.90 Å². The standard InChI is InChI=1S/C6H5F6NS.ClH/c7-5-3-4(1-2-6(5)13)14(8,9,10,11)12;/h1-3H,13H2;1H. The first-order chi connectivity index (χ1) is 5.90. The Morgan fingerprint density at radius 1 is 1.00 bits per heavy atom. The number of anilines is 1. The van der Waals surface area contributed by atoms with Crippen LogP contribution in [0.15, 0.2) is 23.1 Å². The van der Waals surface area contributed by atoms with Gasteiger partial charge in [-0.2, -0.15) is 0 Å². The first-order valence-corrected chi connectivity index (χ1v) is 5.14. The van der Waals surface area contributed by atoms with E-state index in [4.69, 9.17) is 5.73 Å². The molecule has 0 aliphatic rings. The largest absolute Gasteiger partial charge is 0.396 e. The van der Waals surface area contributed by atoms with Gasteiger partial charge in [-0.05, 0) is 18.2 Å². The molecule has 0 radical (unpaired) electrons. The molecule has 15 heavy (non-hydrogen) atoms. The minimum atomic E-state index is -9.78. The Bertz CT molecular complexity index is 387. The summed E-state index contributed by atoms with van der Waals surface area (Å²) >= 11 is 0. The third-order valence-electron chi connectivity index (χ3n) is 1.42. The van der Waals surface area contributed by atoms with Gasteiger partial charge >= 0.3 is 10.2 Å². The third-order valence-corrected chi connectivity index (χ3v) is 2.56. The van der Waals surface area contributed by atoms with E-state index >= 15 is 0 Å². The maximum atomic E-state index is 12.5. The van der Waals surface area contributed by atoms with E-state index in [0.29, 0.717) is 6.07 Å². The summed E-state index contributed by atoms with van der Waals surface area (Å²) in [4.78, 5) is -2.28. The molecule has 1 rings (SSSR count). The van der Waals surface area contributed by atoms with Gasteiger partial charge in [-0.1, -0.05) is 19.4 Å². The highest BCUT2D eigenvalue weighted by Gasteiger charge is 2.65. The zero-order valence-corrected chi connectivity index (χ0v) is 8.53. The molecule has 0 atom stereocenters. The zero-order chi connectivity index (χ0) is 11.3. The lowest BCUT2D eigenvalue weighted by atomic mass is 10.3. The Hall–Kier alpha value is -0.760. The van der Waals surface area contributed by atoms with Crippen molar-refractivity contribution >= 4 is 28.3 Å². The molecular weight excluding hydrogens is 268 g/mol. The van der Waals surface area contributed by atoms with Crippen LogP contribution >= 0.6 is 22.6 Å². The highest BCUT2D eigenvalue weighted by Crippen LogP contribution is 3.02. The molecule has 0 heterocycles. The number of hydrogen-bond donors (Lipinski definition) is 1. The molecule has 0 saturated heterocycles. The summed E-state index contributed by atoms with van der Waals surface area (Å²) in [5.41, 5.74) is 4.23.